The Balaban J connectivity index is 1.20. The maximum Gasteiger partial charge on any atom is 0.314 e. The summed E-state index contributed by atoms with van der Waals surface area (Å²) in [6.07, 6.45) is 0. The number of ether oxygens (including phenoxy) is 3. The summed E-state index contributed by atoms with van der Waals surface area (Å²) in [5.41, 5.74) is 14.6. The summed E-state index contributed by atoms with van der Waals surface area (Å²) < 4.78 is 16.1. The predicted octanol–water partition coefficient (Wildman–Crippen LogP) is 1.96. The Morgan fingerprint density at radius 1 is 0.953 bits per heavy atom. The van der Waals surface area contributed by atoms with Crippen molar-refractivity contribution in [3.05, 3.63) is 47.5 Å². The molecule has 4 rings (SSSR count). The molecule has 232 valence electrons. The van der Waals surface area contributed by atoms with Crippen LogP contribution in [0.5, 0.6) is 0 Å². The molecule has 1 aliphatic heterocycles. The van der Waals surface area contributed by atoms with Gasteiger partial charge >= 0.3 is 6.03 Å². The molecule has 1 fully saturated rings. The van der Waals surface area contributed by atoms with Crippen molar-refractivity contribution in [2.75, 3.05) is 90.9 Å². The van der Waals surface area contributed by atoms with Gasteiger partial charge in [-0.2, -0.15) is 4.99 Å². The minimum Gasteiger partial charge on any atom is -0.383 e. The lowest BCUT2D eigenvalue weighted by Crippen LogP contribution is -2.47. The van der Waals surface area contributed by atoms with Gasteiger partial charge in [0.2, 0.25) is 0 Å². The summed E-state index contributed by atoms with van der Waals surface area (Å²) in [4.78, 5) is 29.5. The van der Waals surface area contributed by atoms with E-state index in [1.807, 2.05) is 24.3 Å². The maximum atomic E-state index is 11.5. The van der Waals surface area contributed by atoms with Crippen molar-refractivity contribution in [1.29, 1.82) is 0 Å². The number of hydrogen-bond donors (Lipinski definition) is 4. The van der Waals surface area contributed by atoms with E-state index in [4.69, 9.17) is 37.3 Å². The largest absolute Gasteiger partial charge is 0.383 e. The predicted molar refractivity (Wildman–Crippen MR) is 169 cm³/mol. The summed E-state index contributed by atoms with van der Waals surface area (Å²) in [5, 5.41) is 6.84. The molecule has 1 saturated heterocycles. The molecule has 0 saturated carbocycles. The van der Waals surface area contributed by atoms with Crippen LogP contribution in [-0.2, 0) is 14.2 Å². The van der Waals surface area contributed by atoms with Crippen LogP contribution in [0.4, 0.5) is 16.4 Å². The summed E-state index contributed by atoms with van der Waals surface area (Å²) in [6, 6.07) is 13.5. The van der Waals surface area contributed by atoms with Crippen LogP contribution in [0, 0.1) is 0 Å². The molecule has 2 heterocycles. The number of piperazine rings is 1. The Bertz CT molecular complexity index is 1370. The van der Waals surface area contributed by atoms with Gasteiger partial charge in [-0.1, -0.05) is 23.7 Å². The standard InChI is InChI=1S/C29H40ClN9O4/c1-41-14-7-33-29(40)34-8-15-42-17-18-43-16-13-38-9-11-39(12-10-38)23-4-2-3-21(19-23)26-24-20-22(30)5-6-25(24)35-28(36-26)37-27(31)32/h2-6,19-20H,7-18H2,1H3,(H2,33,34,40)(H4,31,32,35,36,37). The third kappa shape index (κ3) is 10.2. The maximum absolute atomic E-state index is 11.5. The van der Waals surface area contributed by atoms with Crippen molar-refractivity contribution in [3.63, 3.8) is 0 Å². The fraction of sp³-hybridized carbons (Fsp3) is 0.448. The molecule has 6 N–H and O–H groups in total. The number of methoxy groups -OCH3 is 1. The molecule has 2 amide bonds. The number of urea groups is 1. The first kappa shape index (κ1) is 32.2. The second kappa shape index (κ2) is 16.8. The molecule has 3 aromatic rings. The van der Waals surface area contributed by atoms with E-state index in [9.17, 15) is 4.79 Å². The zero-order valence-electron chi connectivity index (χ0n) is 24.4. The molecule has 0 radical (unpaired) electrons. The lowest BCUT2D eigenvalue weighted by atomic mass is 10.1. The number of guanidine groups is 1. The molecule has 0 aliphatic carbocycles. The second-order valence-corrected chi connectivity index (χ2v) is 10.3. The molecule has 14 heteroatoms. The minimum atomic E-state index is -0.229. The Morgan fingerprint density at radius 2 is 1.70 bits per heavy atom. The molecule has 13 nitrogen and oxygen atoms in total. The number of benzene rings is 2. The van der Waals surface area contributed by atoms with Gasteiger partial charge in [-0.3, -0.25) is 4.90 Å². The van der Waals surface area contributed by atoms with E-state index in [0.717, 1.165) is 49.4 Å². The number of aliphatic imine (C=N–C) groups is 1. The summed E-state index contributed by atoms with van der Waals surface area (Å²) >= 11 is 6.31. The van der Waals surface area contributed by atoms with Gasteiger partial charge in [0.25, 0.3) is 5.95 Å². The molecule has 0 unspecified atom stereocenters. The quantitative estimate of drug-likeness (QED) is 0.113. The Morgan fingerprint density at radius 3 is 2.44 bits per heavy atom. The first-order chi connectivity index (χ1) is 20.9. The Kier molecular flexibility index (Phi) is 12.5. The van der Waals surface area contributed by atoms with Crippen molar-refractivity contribution in [1.82, 2.24) is 25.5 Å². The van der Waals surface area contributed by atoms with Gasteiger partial charge in [-0.25, -0.2) is 14.8 Å². The van der Waals surface area contributed by atoms with E-state index in [-0.39, 0.29) is 17.9 Å². The number of halogens is 1. The molecule has 43 heavy (non-hydrogen) atoms. The highest BCUT2D eigenvalue weighted by molar-refractivity contribution is 6.31. The first-order valence-electron chi connectivity index (χ1n) is 14.2. The van der Waals surface area contributed by atoms with E-state index < -0.39 is 0 Å². The average Bonchev–Trinajstić information content (AvgIpc) is 3.00. The van der Waals surface area contributed by atoms with E-state index in [1.165, 1.54) is 0 Å². The van der Waals surface area contributed by atoms with Crippen molar-refractivity contribution in [2.24, 2.45) is 16.5 Å². The Labute approximate surface area is 256 Å². The van der Waals surface area contributed by atoms with E-state index in [1.54, 1.807) is 13.2 Å². The number of nitrogens with two attached hydrogens (primary N) is 2. The number of hydrogen-bond acceptors (Lipinski definition) is 9. The molecule has 0 spiro atoms. The molecular formula is C29H40ClN9O4. The van der Waals surface area contributed by atoms with Gasteiger partial charge in [0.1, 0.15) is 0 Å². The molecule has 0 bridgehead atoms. The number of carbonyl (C=O) groups is 1. The summed E-state index contributed by atoms with van der Waals surface area (Å²) in [7, 11) is 1.59. The van der Waals surface area contributed by atoms with Crippen molar-refractivity contribution < 1.29 is 19.0 Å². The number of nitrogens with one attached hydrogen (secondary N) is 2. The average molecular weight is 614 g/mol. The van der Waals surface area contributed by atoms with Gasteiger partial charge in [0.05, 0.1) is 44.2 Å². The van der Waals surface area contributed by atoms with Crippen LogP contribution in [0.2, 0.25) is 5.02 Å². The fourth-order valence-corrected chi connectivity index (χ4v) is 4.81. The van der Waals surface area contributed by atoms with Crippen LogP contribution in [0.25, 0.3) is 22.2 Å². The van der Waals surface area contributed by atoms with Crippen LogP contribution in [0.3, 0.4) is 0 Å². The minimum absolute atomic E-state index is 0.102. The normalized spacial score (nSPS) is 13.7. The number of anilines is 1. The summed E-state index contributed by atoms with van der Waals surface area (Å²) in [6.45, 7) is 7.98. The smallest absolute Gasteiger partial charge is 0.314 e. The highest BCUT2D eigenvalue weighted by Crippen LogP contribution is 2.32. The van der Waals surface area contributed by atoms with Gasteiger partial charge in [-0.15, -0.1) is 0 Å². The lowest BCUT2D eigenvalue weighted by Gasteiger charge is -2.36. The number of fused-ring (bicyclic) bond motifs is 1. The number of rotatable bonds is 15. The van der Waals surface area contributed by atoms with E-state index in [2.05, 4.69) is 47.5 Å². The van der Waals surface area contributed by atoms with Crippen molar-refractivity contribution >= 4 is 46.1 Å². The lowest BCUT2D eigenvalue weighted by molar-refractivity contribution is 0.0394. The van der Waals surface area contributed by atoms with Crippen LogP contribution in [-0.4, -0.2) is 113 Å². The number of carbonyl (C=O) groups excluding carboxylic acids is 1. The zero-order chi connectivity index (χ0) is 30.4. The topological polar surface area (TPSA) is 165 Å². The highest BCUT2D eigenvalue weighted by atomic mass is 35.5. The monoisotopic (exact) mass is 613 g/mol. The highest BCUT2D eigenvalue weighted by Gasteiger charge is 2.18. The van der Waals surface area contributed by atoms with Gasteiger partial charge < -0.3 is 41.2 Å². The third-order valence-corrected chi connectivity index (χ3v) is 7.01. The SMILES string of the molecule is COCCNC(=O)NCCOCCOCCN1CCN(c2cccc(-c3nc(N=C(N)N)nc4ccc(Cl)cc34)c2)CC1. The first-order valence-corrected chi connectivity index (χ1v) is 14.6. The van der Waals surface area contributed by atoms with Crippen LogP contribution < -0.4 is 27.0 Å². The van der Waals surface area contributed by atoms with Crippen molar-refractivity contribution in [2.45, 2.75) is 0 Å². The number of amides is 2. The van der Waals surface area contributed by atoms with Gasteiger partial charge in [-0.05, 0) is 30.3 Å². The second-order valence-electron chi connectivity index (χ2n) is 9.85. The molecular weight excluding hydrogens is 574 g/mol. The fourth-order valence-electron chi connectivity index (χ4n) is 4.63. The summed E-state index contributed by atoms with van der Waals surface area (Å²) in [5.74, 6) is 0.0996. The van der Waals surface area contributed by atoms with E-state index in [0.29, 0.717) is 62.4 Å². The van der Waals surface area contributed by atoms with Crippen LogP contribution in [0.15, 0.2) is 47.5 Å². The van der Waals surface area contributed by atoms with Gasteiger partial charge in [0, 0.05) is 74.6 Å². The zero-order valence-corrected chi connectivity index (χ0v) is 25.2. The molecule has 0 atom stereocenters. The van der Waals surface area contributed by atoms with Crippen LogP contribution >= 0.6 is 11.6 Å². The Hall–Kier alpha value is -3.75. The van der Waals surface area contributed by atoms with Crippen LogP contribution in [0.1, 0.15) is 0 Å². The molecule has 1 aliphatic rings. The molecule has 1 aromatic heterocycles. The van der Waals surface area contributed by atoms with Crippen molar-refractivity contribution in [3.8, 4) is 11.3 Å². The molecule has 2 aromatic carbocycles. The number of aromatic nitrogens is 2. The van der Waals surface area contributed by atoms with E-state index >= 15 is 0 Å². The third-order valence-electron chi connectivity index (χ3n) is 6.78. The number of nitrogens with zero attached hydrogens (tertiary/aromatic N) is 5. The van der Waals surface area contributed by atoms with Gasteiger partial charge in [0.15, 0.2) is 5.96 Å².